The van der Waals surface area contributed by atoms with Gasteiger partial charge >= 0.3 is 0 Å². The molecule has 0 saturated heterocycles. The van der Waals surface area contributed by atoms with Crippen LogP contribution in [-0.2, 0) is 0 Å². The van der Waals surface area contributed by atoms with E-state index >= 15 is 0 Å². The summed E-state index contributed by atoms with van der Waals surface area (Å²) in [7, 11) is 0. The van der Waals surface area contributed by atoms with E-state index in [0.29, 0.717) is 0 Å². The molecular weight excluding hydrogens is 292 g/mol. The molecule has 0 aliphatic carbocycles. The fourth-order valence-electron chi connectivity index (χ4n) is 2.30. The number of phenolic OH excluding ortho intramolecular Hbond substituents is 2. The predicted molar refractivity (Wildman–Crippen MR) is 86.0 cm³/mol. The van der Waals surface area contributed by atoms with E-state index in [-0.39, 0.29) is 16.9 Å². The summed E-state index contributed by atoms with van der Waals surface area (Å²) >= 11 is 0. The van der Waals surface area contributed by atoms with Crippen molar-refractivity contribution in [2.45, 2.75) is 0 Å². The van der Waals surface area contributed by atoms with Crippen molar-refractivity contribution >= 4 is 22.8 Å². The summed E-state index contributed by atoms with van der Waals surface area (Å²) in [6.45, 7) is 0. The fourth-order valence-corrected chi connectivity index (χ4v) is 2.30. The minimum atomic E-state index is -0.517. The fraction of sp³-hybridized carbons (Fsp3) is 0. The minimum absolute atomic E-state index is 0.0509. The molecule has 5 nitrogen and oxygen atoms in total. The van der Waals surface area contributed by atoms with E-state index in [2.05, 4.69) is 4.98 Å². The van der Waals surface area contributed by atoms with Gasteiger partial charge in [0.2, 0.25) is 5.78 Å². The molecular formula is C18H12N2O3. The van der Waals surface area contributed by atoms with Crippen LogP contribution in [0.25, 0.3) is 17.0 Å². The van der Waals surface area contributed by atoms with Gasteiger partial charge in [0.05, 0.1) is 0 Å². The van der Waals surface area contributed by atoms with Gasteiger partial charge in [0.25, 0.3) is 0 Å². The molecule has 0 spiro atoms. The summed E-state index contributed by atoms with van der Waals surface area (Å²) in [5, 5.41) is 29.0. The Hall–Kier alpha value is -3.52. The van der Waals surface area contributed by atoms with Gasteiger partial charge in [-0.2, -0.15) is 5.26 Å². The van der Waals surface area contributed by atoms with Crippen molar-refractivity contribution in [3.63, 3.8) is 0 Å². The molecule has 1 heterocycles. The number of carbonyl (C=O) groups excluding carboxylic acids is 1. The number of nitrogens with zero attached hydrogens (tertiary/aromatic N) is 1. The maximum atomic E-state index is 12.4. The number of benzene rings is 2. The van der Waals surface area contributed by atoms with Crippen LogP contribution < -0.4 is 0 Å². The van der Waals surface area contributed by atoms with Gasteiger partial charge in [-0.15, -0.1) is 0 Å². The molecule has 0 aliphatic rings. The van der Waals surface area contributed by atoms with Crippen molar-refractivity contribution in [3.8, 4) is 17.6 Å². The Morgan fingerprint density at radius 1 is 1.09 bits per heavy atom. The molecule has 0 radical (unpaired) electrons. The van der Waals surface area contributed by atoms with Crippen molar-refractivity contribution in [2.75, 3.05) is 0 Å². The van der Waals surface area contributed by atoms with E-state index in [9.17, 15) is 20.3 Å². The van der Waals surface area contributed by atoms with E-state index in [1.165, 1.54) is 18.2 Å². The molecule has 3 aromatic rings. The van der Waals surface area contributed by atoms with Gasteiger partial charge in [0.15, 0.2) is 11.5 Å². The average Bonchev–Trinajstić information content (AvgIpc) is 3.02. The van der Waals surface area contributed by atoms with Crippen molar-refractivity contribution in [3.05, 3.63) is 65.4 Å². The number of aromatic hydroxyl groups is 2. The van der Waals surface area contributed by atoms with E-state index in [0.717, 1.165) is 22.5 Å². The van der Waals surface area contributed by atoms with Crippen molar-refractivity contribution < 1.29 is 15.0 Å². The summed E-state index contributed by atoms with van der Waals surface area (Å²) in [5.41, 5.74) is 1.78. The van der Waals surface area contributed by atoms with Gasteiger partial charge in [0, 0.05) is 17.3 Å². The van der Waals surface area contributed by atoms with Gasteiger partial charge in [0.1, 0.15) is 11.6 Å². The van der Waals surface area contributed by atoms with Crippen LogP contribution in [0, 0.1) is 11.3 Å². The summed E-state index contributed by atoms with van der Waals surface area (Å²) in [6.07, 6.45) is 3.31. The van der Waals surface area contributed by atoms with Crippen LogP contribution in [0.2, 0.25) is 0 Å². The summed E-state index contributed by atoms with van der Waals surface area (Å²) in [6, 6.07) is 13.0. The van der Waals surface area contributed by atoms with Crippen LogP contribution in [-0.4, -0.2) is 21.0 Å². The van der Waals surface area contributed by atoms with E-state index < -0.39 is 11.5 Å². The Bertz CT molecular complexity index is 977. The third kappa shape index (κ3) is 2.78. The zero-order valence-electron chi connectivity index (χ0n) is 11.9. The van der Waals surface area contributed by atoms with E-state index in [1.807, 2.05) is 30.5 Å². The number of Topliss-reactive ketones (excluding diaryl/α,β-unsaturated/α-hetero) is 1. The van der Waals surface area contributed by atoms with Crippen LogP contribution in [0.1, 0.15) is 15.9 Å². The highest BCUT2D eigenvalue weighted by Gasteiger charge is 2.14. The third-order valence-corrected chi connectivity index (χ3v) is 3.49. The van der Waals surface area contributed by atoms with E-state index in [4.69, 9.17) is 0 Å². The Morgan fingerprint density at radius 2 is 1.91 bits per heavy atom. The first kappa shape index (κ1) is 14.4. The molecule has 2 aromatic carbocycles. The lowest BCUT2D eigenvalue weighted by atomic mass is 10.0. The number of aromatic amines is 1. The van der Waals surface area contributed by atoms with Crippen molar-refractivity contribution in [1.82, 2.24) is 4.98 Å². The highest BCUT2D eigenvalue weighted by Crippen LogP contribution is 2.26. The number of carbonyl (C=O) groups is 1. The molecule has 5 heteroatoms. The Kier molecular flexibility index (Phi) is 3.57. The van der Waals surface area contributed by atoms with Crippen LogP contribution >= 0.6 is 0 Å². The number of ketones is 1. The first-order valence-electron chi connectivity index (χ1n) is 6.84. The first-order valence-corrected chi connectivity index (χ1v) is 6.84. The lowest BCUT2D eigenvalue weighted by molar-refractivity contribution is 0.103. The highest BCUT2D eigenvalue weighted by atomic mass is 16.3. The number of hydrogen-bond donors (Lipinski definition) is 3. The Labute approximate surface area is 131 Å². The maximum absolute atomic E-state index is 12.4. The van der Waals surface area contributed by atoms with Crippen molar-refractivity contribution in [1.29, 1.82) is 5.26 Å². The Balaban J connectivity index is 1.99. The molecule has 0 fully saturated rings. The molecule has 0 unspecified atom stereocenters. The first-order chi connectivity index (χ1) is 11.1. The second-order valence-corrected chi connectivity index (χ2v) is 5.03. The quantitative estimate of drug-likeness (QED) is 0.299. The molecule has 0 atom stereocenters. The summed E-state index contributed by atoms with van der Waals surface area (Å²) in [5.74, 6) is -1.24. The van der Waals surface area contributed by atoms with Crippen molar-refractivity contribution in [2.24, 2.45) is 0 Å². The van der Waals surface area contributed by atoms with Crippen LogP contribution in [0.15, 0.2) is 54.2 Å². The Morgan fingerprint density at radius 3 is 2.65 bits per heavy atom. The summed E-state index contributed by atoms with van der Waals surface area (Å²) in [4.78, 5) is 15.4. The second kappa shape index (κ2) is 5.70. The minimum Gasteiger partial charge on any atom is -0.504 e. The number of aromatic nitrogens is 1. The number of hydrogen-bond acceptors (Lipinski definition) is 4. The van der Waals surface area contributed by atoms with E-state index in [1.54, 1.807) is 6.07 Å². The molecule has 0 amide bonds. The number of rotatable bonds is 3. The lowest BCUT2D eigenvalue weighted by Gasteiger charge is -2.02. The topological polar surface area (TPSA) is 97.1 Å². The normalized spacial score (nSPS) is 11.3. The molecule has 0 aliphatic heterocycles. The number of nitrogens with one attached hydrogen (secondary N) is 1. The molecule has 1 aromatic heterocycles. The molecule has 23 heavy (non-hydrogen) atoms. The highest BCUT2D eigenvalue weighted by molar-refractivity contribution is 6.14. The standard InChI is InChI=1S/C18H12N2O3/c19-10-14(18(23)13-2-4-16(21)17(22)9-13)8-11-1-3-15-12(7-11)5-6-20-15/h1-9,20-22H/b14-8-. The smallest absolute Gasteiger partial charge is 0.203 e. The van der Waals surface area contributed by atoms with Gasteiger partial charge in [-0.3, -0.25) is 4.79 Å². The number of phenols is 2. The zero-order valence-corrected chi connectivity index (χ0v) is 11.9. The number of fused-ring (bicyclic) bond motifs is 1. The zero-order chi connectivity index (χ0) is 16.4. The maximum Gasteiger partial charge on any atom is 0.203 e. The van der Waals surface area contributed by atoms with Gasteiger partial charge in [-0.05, 0) is 53.4 Å². The SMILES string of the molecule is N#C/C(=C/c1ccc2[nH]ccc2c1)C(=O)c1ccc(O)c(O)c1. The molecule has 3 N–H and O–H groups in total. The van der Waals surface area contributed by atoms with Crippen LogP contribution in [0.5, 0.6) is 11.5 Å². The summed E-state index contributed by atoms with van der Waals surface area (Å²) < 4.78 is 0. The molecule has 0 bridgehead atoms. The predicted octanol–water partition coefficient (Wildman–Crippen LogP) is 3.37. The van der Waals surface area contributed by atoms with Crippen LogP contribution in [0.3, 0.4) is 0 Å². The monoisotopic (exact) mass is 304 g/mol. The lowest BCUT2D eigenvalue weighted by Crippen LogP contribution is -2.01. The second-order valence-electron chi connectivity index (χ2n) is 5.03. The number of allylic oxidation sites excluding steroid dienone is 1. The number of H-pyrrole nitrogens is 1. The largest absolute Gasteiger partial charge is 0.504 e. The van der Waals surface area contributed by atoms with Gasteiger partial charge in [-0.1, -0.05) is 6.07 Å². The molecule has 112 valence electrons. The van der Waals surface area contributed by atoms with Crippen LogP contribution in [0.4, 0.5) is 0 Å². The molecule has 0 saturated carbocycles. The molecule has 3 rings (SSSR count). The van der Waals surface area contributed by atoms with Gasteiger partial charge < -0.3 is 15.2 Å². The van der Waals surface area contributed by atoms with Gasteiger partial charge in [-0.25, -0.2) is 0 Å². The average molecular weight is 304 g/mol. The number of nitriles is 1. The third-order valence-electron chi connectivity index (χ3n) is 3.49.